The van der Waals surface area contributed by atoms with Crippen molar-refractivity contribution in [3.05, 3.63) is 41.6 Å². The Morgan fingerprint density at radius 3 is 2.93 bits per heavy atom. The summed E-state index contributed by atoms with van der Waals surface area (Å²) >= 11 is 0. The molecule has 0 unspecified atom stereocenters. The summed E-state index contributed by atoms with van der Waals surface area (Å²) in [7, 11) is 4.01. The van der Waals surface area contributed by atoms with Gasteiger partial charge in [-0.15, -0.1) is 10.2 Å². The first kappa shape index (κ1) is 18.1. The average molecular weight is 393 g/mol. The molecular formula is C20H27N9. The van der Waals surface area contributed by atoms with Crippen LogP contribution < -0.4 is 10.2 Å². The Balaban J connectivity index is 1.37. The predicted octanol–water partition coefficient (Wildman–Crippen LogP) is 1.76. The number of nitrogens with one attached hydrogen (secondary N) is 1. The van der Waals surface area contributed by atoms with Crippen LogP contribution >= 0.6 is 0 Å². The van der Waals surface area contributed by atoms with Crippen molar-refractivity contribution >= 4 is 11.8 Å². The van der Waals surface area contributed by atoms with E-state index >= 15 is 0 Å². The summed E-state index contributed by atoms with van der Waals surface area (Å²) in [6.45, 7) is 2.54. The molecular weight excluding hydrogens is 366 g/mol. The number of piperidine rings is 1. The standard InChI is InChI=1S/C20H27N9/c1-21-18-15-6-3-7-16(15)23-20(24-18)29-9-4-5-14(11-29)19-26-25-17(27(19)2)12-28-10-8-22-13-28/h8,10,13-14H,3-7,9,11-12H2,1-2H3,(H,21,23,24)/t14-/m0/s1. The summed E-state index contributed by atoms with van der Waals surface area (Å²) in [5, 5.41) is 12.3. The molecule has 0 aromatic carbocycles. The van der Waals surface area contributed by atoms with Crippen molar-refractivity contribution in [2.24, 2.45) is 7.05 Å². The van der Waals surface area contributed by atoms with Gasteiger partial charge in [0, 0.05) is 51.1 Å². The van der Waals surface area contributed by atoms with Gasteiger partial charge in [-0.05, 0) is 32.1 Å². The lowest BCUT2D eigenvalue weighted by Gasteiger charge is -2.32. The third-order valence-electron chi connectivity index (χ3n) is 6.11. The van der Waals surface area contributed by atoms with E-state index in [0.717, 1.165) is 62.2 Å². The second-order valence-corrected chi connectivity index (χ2v) is 7.95. The Hall–Kier alpha value is -2.97. The van der Waals surface area contributed by atoms with Crippen LogP contribution in [0.5, 0.6) is 0 Å². The zero-order valence-electron chi connectivity index (χ0n) is 17.0. The lowest BCUT2D eigenvalue weighted by Crippen LogP contribution is -2.36. The number of hydrogen-bond acceptors (Lipinski definition) is 7. The van der Waals surface area contributed by atoms with Gasteiger partial charge in [0.15, 0.2) is 5.82 Å². The van der Waals surface area contributed by atoms with E-state index in [1.807, 2.05) is 17.8 Å². The molecule has 1 aliphatic heterocycles. The Bertz CT molecular complexity index is 992. The van der Waals surface area contributed by atoms with Crippen LogP contribution in [0.1, 0.15) is 48.1 Å². The highest BCUT2D eigenvalue weighted by atomic mass is 15.3. The fraction of sp³-hybridized carbons (Fsp3) is 0.550. The quantitative estimate of drug-likeness (QED) is 0.706. The van der Waals surface area contributed by atoms with Gasteiger partial charge in [-0.25, -0.2) is 9.97 Å². The molecule has 3 aromatic rings. The van der Waals surface area contributed by atoms with E-state index in [1.54, 1.807) is 12.5 Å². The third kappa shape index (κ3) is 3.34. The molecule has 152 valence electrons. The van der Waals surface area contributed by atoms with E-state index in [1.165, 1.54) is 17.7 Å². The molecule has 0 amide bonds. The van der Waals surface area contributed by atoms with Crippen LogP contribution in [-0.4, -0.2) is 54.4 Å². The fourth-order valence-corrected chi connectivity index (χ4v) is 4.55. The van der Waals surface area contributed by atoms with Crippen molar-refractivity contribution in [2.75, 3.05) is 30.4 Å². The molecule has 1 fully saturated rings. The monoisotopic (exact) mass is 393 g/mol. The Labute approximate surface area is 170 Å². The number of imidazole rings is 1. The smallest absolute Gasteiger partial charge is 0.227 e. The normalized spacial score (nSPS) is 18.8. The van der Waals surface area contributed by atoms with Crippen LogP contribution in [0.25, 0.3) is 0 Å². The Morgan fingerprint density at radius 1 is 1.17 bits per heavy atom. The number of nitrogens with zero attached hydrogens (tertiary/aromatic N) is 8. The first-order chi connectivity index (χ1) is 14.2. The number of aromatic nitrogens is 7. The van der Waals surface area contributed by atoms with Gasteiger partial charge in [0.2, 0.25) is 5.95 Å². The number of hydrogen-bond donors (Lipinski definition) is 1. The number of rotatable bonds is 5. The molecule has 9 nitrogen and oxygen atoms in total. The van der Waals surface area contributed by atoms with E-state index < -0.39 is 0 Å². The van der Waals surface area contributed by atoms with Gasteiger partial charge < -0.3 is 19.4 Å². The van der Waals surface area contributed by atoms with Gasteiger partial charge in [-0.1, -0.05) is 0 Å². The molecule has 1 N–H and O–H groups in total. The lowest BCUT2D eigenvalue weighted by atomic mass is 9.97. The topological polar surface area (TPSA) is 89.6 Å². The summed E-state index contributed by atoms with van der Waals surface area (Å²) in [4.78, 5) is 16.2. The molecule has 1 atom stereocenters. The van der Waals surface area contributed by atoms with Gasteiger partial charge in [0.25, 0.3) is 0 Å². The van der Waals surface area contributed by atoms with Gasteiger partial charge in [0.05, 0.1) is 18.6 Å². The van der Waals surface area contributed by atoms with E-state index in [2.05, 4.69) is 37.0 Å². The van der Waals surface area contributed by atoms with Gasteiger partial charge in [-0.3, -0.25) is 0 Å². The maximum Gasteiger partial charge on any atom is 0.227 e. The zero-order chi connectivity index (χ0) is 19.8. The van der Waals surface area contributed by atoms with Gasteiger partial charge in [0.1, 0.15) is 11.6 Å². The van der Waals surface area contributed by atoms with Crippen LogP contribution in [0.3, 0.4) is 0 Å². The molecule has 0 radical (unpaired) electrons. The van der Waals surface area contributed by atoms with E-state index in [0.29, 0.717) is 12.5 Å². The molecule has 29 heavy (non-hydrogen) atoms. The molecule has 9 heteroatoms. The fourth-order valence-electron chi connectivity index (χ4n) is 4.55. The van der Waals surface area contributed by atoms with Gasteiger partial charge in [-0.2, -0.15) is 4.98 Å². The Morgan fingerprint density at radius 2 is 2.10 bits per heavy atom. The maximum atomic E-state index is 4.91. The molecule has 0 saturated carbocycles. The highest BCUT2D eigenvalue weighted by molar-refractivity contribution is 5.53. The molecule has 0 spiro atoms. The third-order valence-corrected chi connectivity index (χ3v) is 6.11. The van der Waals surface area contributed by atoms with Crippen molar-refractivity contribution in [3.63, 3.8) is 0 Å². The van der Waals surface area contributed by atoms with Crippen LogP contribution in [0, 0.1) is 0 Å². The maximum absolute atomic E-state index is 4.91. The summed E-state index contributed by atoms with van der Waals surface area (Å²) < 4.78 is 4.15. The van der Waals surface area contributed by atoms with Crippen molar-refractivity contribution in [1.29, 1.82) is 0 Å². The number of fused-ring (bicyclic) bond motifs is 1. The molecule has 5 rings (SSSR count). The number of anilines is 2. The SMILES string of the molecule is CNc1nc(N2CCC[C@H](c3nnc(Cn4ccnc4)n3C)C2)nc2c1CCC2. The Kier molecular flexibility index (Phi) is 4.65. The van der Waals surface area contributed by atoms with Crippen molar-refractivity contribution in [2.45, 2.75) is 44.6 Å². The average Bonchev–Trinajstić information content (AvgIpc) is 3.50. The van der Waals surface area contributed by atoms with E-state index in [-0.39, 0.29) is 0 Å². The largest absolute Gasteiger partial charge is 0.373 e. The van der Waals surface area contributed by atoms with E-state index in [4.69, 9.17) is 9.97 Å². The highest BCUT2D eigenvalue weighted by Crippen LogP contribution is 2.32. The van der Waals surface area contributed by atoms with Crippen LogP contribution in [0.15, 0.2) is 18.7 Å². The summed E-state index contributed by atoms with van der Waals surface area (Å²) in [6.07, 6.45) is 11.0. The molecule has 1 aliphatic carbocycles. The second kappa shape index (κ2) is 7.46. The van der Waals surface area contributed by atoms with Crippen LogP contribution in [-0.2, 0) is 26.4 Å². The first-order valence-electron chi connectivity index (χ1n) is 10.4. The van der Waals surface area contributed by atoms with E-state index in [9.17, 15) is 0 Å². The first-order valence-corrected chi connectivity index (χ1v) is 10.4. The molecule has 2 aliphatic rings. The summed E-state index contributed by atoms with van der Waals surface area (Å²) in [5.41, 5.74) is 2.50. The summed E-state index contributed by atoms with van der Waals surface area (Å²) in [5.74, 6) is 4.15. The predicted molar refractivity (Wildman–Crippen MR) is 110 cm³/mol. The van der Waals surface area contributed by atoms with Crippen molar-refractivity contribution < 1.29 is 0 Å². The minimum Gasteiger partial charge on any atom is -0.373 e. The van der Waals surface area contributed by atoms with Crippen LogP contribution in [0.4, 0.5) is 11.8 Å². The van der Waals surface area contributed by atoms with Crippen molar-refractivity contribution in [3.8, 4) is 0 Å². The van der Waals surface area contributed by atoms with Gasteiger partial charge >= 0.3 is 0 Å². The molecule has 1 saturated heterocycles. The molecule has 0 bridgehead atoms. The summed E-state index contributed by atoms with van der Waals surface area (Å²) in [6, 6.07) is 0. The molecule has 4 heterocycles. The minimum atomic E-state index is 0.327. The van der Waals surface area contributed by atoms with Crippen LogP contribution in [0.2, 0.25) is 0 Å². The lowest BCUT2D eigenvalue weighted by molar-refractivity contribution is 0.473. The molecule has 3 aromatic heterocycles. The number of aryl methyl sites for hydroxylation is 1. The van der Waals surface area contributed by atoms with Crippen molar-refractivity contribution in [1.82, 2.24) is 34.3 Å². The second-order valence-electron chi connectivity index (χ2n) is 7.95. The minimum absolute atomic E-state index is 0.327. The highest BCUT2D eigenvalue weighted by Gasteiger charge is 2.29. The zero-order valence-corrected chi connectivity index (χ0v) is 17.0.